The lowest BCUT2D eigenvalue weighted by Gasteiger charge is -1.97. The van der Waals surface area contributed by atoms with E-state index in [2.05, 4.69) is 20.2 Å². The van der Waals surface area contributed by atoms with Gasteiger partial charge in [-0.1, -0.05) is 0 Å². The molecular formula is C11H10N4O2. The van der Waals surface area contributed by atoms with E-state index in [9.17, 15) is 0 Å². The molecule has 0 aliphatic heterocycles. The van der Waals surface area contributed by atoms with Gasteiger partial charge in [-0.2, -0.15) is 5.10 Å². The van der Waals surface area contributed by atoms with Crippen LogP contribution in [0.1, 0.15) is 0 Å². The Morgan fingerprint density at radius 3 is 2.82 bits per heavy atom. The van der Waals surface area contributed by atoms with E-state index in [4.69, 9.17) is 9.90 Å². The lowest BCUT2D eigenvalue weighted by atomic mass is 10.1. The lowest BCUT2D eigenvalue weighted by Crippen LogP contribution is -1.79. The molecule has 0 spiro atoms. The predicted octanol–water partition coefficient (Wildman–Crippen LogP) is 1.65. The van der Waals surface area contributed by atoms with E-state index in [0.29, 0.717) is 0 Å². The summed E-state index contributed by atoms with van der Waals surface area (Å²) in [5, 5.41) is 14.8. The van der Waals surface area contributed by atoms with Crippen molar-refractivity contribution < 1.29 is 9.90 Å². The van der Waals surface area contributed by atoms with Crippen molar-refractivity contribution in [3.8, 4) is 11.1 Å². The quantitative estimate of drug-likeness (QED) is 0.554. The third-order valence-corrected chi connectivity index (χ3v) is 2.29. The topological polar surface area (TPSA) is 94.7 Å². The predicted molar refractivity (Wildman–Crippen MR) is 62.4 cm³/mol. The normalized spacial score (nSPS) is 9.65. The fraction of sp³-hybridized carbons (Fsp3) is 0. The highest BCUT2D eigenvalue weighted by Gasteiger charge is 2.04. The van der Waals surface area contributed by atoms with Gasteiger partial charge in [0.25, 0.3) is 6.47 Å². The smallest absolute Gasteiger partial charge is 0.290 e. The minimum Gasteiger partial charge on any atom is -0.483 e. The van der Waals surface area contributed by atoms with E-state index in [1.165, 1.54) is 5.39 Å². The molecule has 3 N–H and O–H groups in total. The maximum Gasteiger partial charge on any atom is 0.290 e. The van der Waals surface area contributed by atoms with Crippen molar-refractivity contribution in [1.29, 1.82) is 0 Å². The molecule has 0 saturated heterocycles. The molecule has 3 heterocycles. The molecule has 0 amide bonds. The molecule has 86 valence electrons. The second-order valence-electron chi connectivity index (χ2n) is 3.22. The molecule has 0 saturated carbocycles. The van der Waals surface area contributed by atoms with Crippen LogP contribution < -0.4 is 0 Å². The highest BCUT2D eigenvalue weighted by molar-refractivity contribution is 5.93. The SMILES string of the molecule is O=CO.c1cc2c(-c3cn[nH]c3)cncc2[nH]1. The summed E-state index contributed by atoms with van der Waals surface area (Å²) in [6.07, 6.45) is 9.24. The minimum atomic E-state index is -0.250. The Bertz CT molecular complexity index is 601. The first-order valence-corrected chi connectivity index (χ1v) is 4.85. The number of rotatable bonds is 1. The Hall–Kier alpha value is -2.63. The van der Waals surface area contributed by atoms with Gasteiger partial charge < -0.3 is 10.1 Å². The Labute approximate surface area is 96.3 Å². The number of carboxylic acid groups (broad SMARTS) is 1. The number of fused-ring (bicyclic) bond motifs is 1. The summed E-state index contributed by atoms with van der Waals surface area (Å²) < 4.78 is 0. The molecule has 0 radical (unpaired) electrons. The maximum absolute atomic E-state index is 8.36. The lowest BCUT2D eigenvalue weighted by molar-refractivity contribution is -0.122. The van der Waals surface area contributed by atoms with E-state index >= 15 is 0 Å². The number of hydrogen-bond acceptors (Lipinski definition) is 3. The molecule has 6 heteroatoms. The van der Waals surface area contributed by atoms with Gasteiger partial charge in [0.05, 0.1) is 17.9 Å². The highest BCUT2D eigenvalue weighted by Crippen LogP contribution is 2.25. The summed E-state index contributed by atoms with van der Waals surface area (Å²) in [7, 11) is 0. The number of nitrogens with zero attached hydrogens (tertiary/aromatic N) is 2. The zero-order valence-corrected chi connectivity index (χ0v) is 8.79. The van der Waals surface area contributed by atoms with Gasteiger partial charge in [0.15, 0.2) is 0 Å². The van der Waals surface area contributed by atoms with E-state index in [1.54, 1.807) is 6.20 Å². The van der Waals surface area contributed by atoms with Gasteiger partial charge in [-0.15, -0.1) is 0 Å². The first-order valence-electron chi connectivity index (χ1n) is 4.85. The van der Waals surface area contributed by atoms with Gasteiger partial charge in [0.2, 0.25) is 0 Å². The zero-order chi connectivity index (χ0) is 12.1. The molecule has 0 aliphatic carbocycles. The molecule has 0 unspecified atom stereocenters. The number of nitrogens with one attached hydrogen (secondary N) is 2. The second kappa shape index (κ2) is 4.93. The maximum atomic E-state index is 8.36. The second-order valence-corrected chi connectivity index (χ2v) is 3.22. The van der Waals surface area contributed by atoms with Gasteiger partial charge in [-0.25, -0.2) is 0 Å². The van der Waals surface area contributed by atoms with E-state index < -0.39 is 0 Å². The summed E-state index contributed by atoms with van der Waals surface area (Å²) in [5.74, 6) is 0. The molecule has 0 bridgehead atoms. The van der Waals surface area contributed by atoms with Gasteiger partial charge in [-0.05, 0) is 6.07 Å². The standard InChI is InChI=1S/C10H8N4.CH2O2/c1-2-12-10-6-11-5-9(8(1)10)7-3-13-14-4-7;2-1-3/h1-6,12H,(H,13,14);1H,(H,2,3). The first-order chi connectivity index (χ1) is 8.36. The van der Waals surface area contributed by atoms with Crippen LogP contribution in [0, 0.1) is 0 Å². The summed E-state index contributed by atoms with van der Waals surface area (Å²) in [4.78, 5) is 15.7. The van der Waals surface area contributed by atoms with Crippen molar-refractivity contribution in [2.75, 3.05) is 0 Å². The van der Waals surface area contributed by atoms with Crippen molar-refractivity contribution in [3.05, 3.63) is 37.1 Å². The minimum absolute atomic E-state index is 0.250. The van der Waals surface area contributed by atoms with Gasteiger partial charge in [0.1, 0.15) is 0 Å². The highest BCUT2D eigenvalue weighted by atomic mass is 16.3. The molecule has 17 heavy (non-hydrogen) atoms. The molecule has 0 atom stereocenters. The average Bonchev–Trinajstić information content (AvgIpc) is 3.01. The van der Waals surface area contributed by atoms with Crippen LogP contribution in [-0.2, 0) is 4.79 Å². The number of hydrogen-bond donors (Lipinski definition) is 3. The Kier molecular flexibility index (Phi) is 3.15. The van der Waals surface area contributed by atoms with Crippen molar-refractivity contribution in [3.63, 3.8) is 0 Å². The van der Waals surface area contributed by atoms with Gasteiger partial charge >= 0.3 is 0 Å². The molecule has 0 fully saturated rings. The summed E-state index contributed by atoms with van der Waals surface area (Å²) in [6, 6.07) is 2.04. The molecule has 3 aromatic rings. The van der Waals surface area contributed by atoms with Crippen LogP contribution in [0.2, 0.25) is 0 Å². The van der Waals surface area contributed by atoms with Crippen molar-refractivity contribution in [1.82, 2.24) is 20.2 Å². The summed E-state index contributed by atoms with van der Waals surface area (Å²) in [5.41, 5.74) is 3.20. The fourth-order valence-corrected chi connectivity index (χ4v) is 1.61. The van der Waals surface area contributed by atoms with E-state index in [0.717, 1.165) is 16.6 Å². The monoisotopic (exact) mass is 230 g/mol. The number of pyridine rings is 1. The van der Waals surface area contributed by atoms with Crippen LogP contribution in [0.25, 0.3) is 22.0 Å². The van der Waals surface area contributed by atoms with Gasteiger partial charge in [-0.3, -0.25) is 14.9 Å². The molecule has 0 aliphatic rings. The summed E-state index contributed by atoms with van der Waals surface area (Å²) in [6.45, 7) is -0.250. The largest absolute Gasteiger partial charge is 0.483 e. The number of aromatic amines is 2. The van der Waals surface area contributed by atoms with E-state index in [1.807, 2.05) is 30.9 Å². The number of H-pyrrole nitrogens is 2. The molecule has 6 nitrogen and oxygen atoms in total. The van der Waals surface area contributed by atoms with Gasteiger partial charge in [0, 0.05) is 35.1 Å². The van der Waals surface area contributed by atoms with Crippen molar-refractivity contribution >= 4 is 17.4 Å². The zero-order valence-electron chi connectivity index (χ0n) is 8.79. The van der Waals surface area contributed by atoms with Crippen molar-refractivity contribution in [2.45, 2.75) is 0 Å². The summed E-state index contributed by atoms with van der Waals surface area (Å²) >= 11 is 0. The molecular weight excluding hydrogens is 220 g/mol. The van der Waals surface area contributed by atoms with Crippen LogP contribution in [-0.4, -0.2) is 31.7 Å². The van der Waals surface area contributed by atoms with Crippen molar-refractivity contribution in [2.24, 2.45) is 0 Å². The van der Waals surface area contributed by atoms with Crippen LogP contribution in [0.15, 0.2) is 37.1 Å². The Morgan fingerprint density at radius 2 is 2.12 bits per heavy atom. The molecule has 3 aromatic heterocycles. The van der Waals surface area contributed by atoms with Crippen LogP contribution in [0.4, 0.5) is 0 Å². The van der Waals surface area contributed by atoms with Crippen LogP contribution >= 0.6 is 0 Å². The molecule has 3 rings (SSSR count). The third-order valence-electron chi connectivity index (χ3n) is 2.29. The number of aromatic nitrogens is 4. The Morgan fingerprint density at radius 1 is 1.29 bits per heavy atom. The fourth-order valence-electron chi connectivity index (χ4n) is 1.61. The van der Waals surface area contributed by atoms with Crippen LogP contribution in [0.3, 0.4) is 0 Å². The first kappa shape index (κ1) is 10.9. The van der Waals surface area contributed by atoms with Crippen LogP contribution in [0.5, 0.6) is 0 Å². The van der Waals surface area contributed by atoms with E-state index in [-0.39, 0.29) is 6.47 Å². The Balaban J connectivity index is 0.000000329. The third kappa shape index (κ3) is 2.15. The molecule has 0 aromatic carbocycles. The average molecular weight is 230 g/mol. The number of carbonyl (C=O) groups is 1.